The molecule has 1 heterocycles. The first-order chi connectivity index (χ1) is 11.7. The number of rotatable bonds is 5. The van der Waals surface area contributed by atoms with Crippen molar-refractivity contribution in [2.45, 2.75) is 26.2 Å². The molecule has 24 heavy (non-hydrogen) atoms. The van der Waals surface area contributed by atoms with Crippen LogP contribution in [0.3, 0.4) is 0 Å². The Bertz CT molecular complexity index is 676. The molecule has 0 spiro atoms. The number of hydrogen-bond donors (Lipinski definition) is 1. The number of carbonyl (C=O) groups is 1. The molecule has 4 nitrogen and oxygen atoms in total. The molecule has 126 valence electrons. The number of piperidine rings is 1. The van der Waals surface area contributed by atoms with Crippen molar-refractivity contribution >= 4 is 17.3 Å². The van der Waals surface area contributed by atoms with Crippen molar-refractivity contribution in [3.05, 3.63) is 54.1 Å². The van der Waals surface area contributed by atoms with Crippen LogP contribution in [0.4, 0.5) is 11.4 Å². The average molecular weight is 324 g/mol. The fourth-order valence-electron chi connectivity index (χ4n) is 2.96. The van der Waals surface area contributed by atoms with E-state index >= 15 is 0 Å². The molecular weight excluding hydrogens is 300 g/mol. The molecule has 0 atom stereocenters. The van der Waals surface area contributed by atoms with Gasteiger partial charge in [-0.3, -0.25) is 4.79 Å². The van der Waals surface area contributed by atoms with Crippen LogP contribution in [0.1, 0.15) is 24.8 Å². The van der Waals surface area contributed by atoms with Crippen molar-refractivity contribution < 1.29 is 9.53 Å². The predicted molar refractivity (Wildman–Crippen MR) is 97.8 cm³/mol. The van der Waals surface area contributed by atoms with Crippen LogP contribution in [0, 0.1) is 6.92 Å². The van der Waals surface area contributed by atoms with Crippen molar-refractivity contribution in [2.24, 2.45) is 0 Å². The van der Waals surface area contributed by atoms with Gasteiger partial charge in [-0.15, -0.1) is 0 Å². The summed E-state index contributed by atoms with van der Waals surface area (Å²) in [5, 5.41) is 2.87. The maximum absolute atomic E-state index is 12.0. The molecular formula is C20H24N2O2. The molecule has 3 rings (SSSR count). The third-order valence-corrected chi connectivity index (χ3v) is 4.23. The number of ether oxygens (including phenoxy) is 1. The van der Waals surface area contributed by atoms with Gasteiger partial charge in [-0.25, -0.2) is 0 Å². The number of nitrogens with one attached hydrogen (secondary N) is 1. The van der Waals surface area contributed by atoms with Gasteiger partial charge in [0.1, 0.15) is 5.75 Å². The second-order valence-corrected chi connectivity index (χ2v) is 6.25. The number of benzene rings is 2. The molecule has 4 heteroatoms. The second-order valence-electron chi connectivity index (χ2n) is 6.25. The van der Waals surface area contributed by atoms with Crippen molar-refractivity contribution in [1.29, 1.82) is 0 Å². The van der Waals surface area contributed by atoms with Crippen LogP contribution in [0.2, 0.25) is 0 Å². The van der Waals surface area contributed by atoms with Gasteiger partial charge in [0, 0.05) is 24.5 Å². The lowest BCUT2D eigenvalue weighted by atomic mass is 10.1. The number of nitrogens with zero attached hydrogens (tertiary/aromatic N) is 1. The molecule has 0 radical (unpaired) electrons. The van der Waals surface area contributed by atoms with Crippen molar-refractivity contribution in [3.8, 4) is 5.75 Å². The Morgan fingerprint density at radius 1 is 1.08 bits per heavy atom. The summed E-state index contributed by atoms with van der Waals surface area (Å²) in [6.07, 6.45) is 3.84. The van der Waals surface area contributed by atoms with E-state index in [1.54, 1.807) is 0 Å². The van der Waals surface area contributed by atoms with Gasteiger partial charge >= 0.3 is 0 Å². The zero-order chi connectivity index (χ0) is 16.8. The zero-order valence-electron chi connectivity index (χ0n) is 14.1. The minimum atomic E-state index is -0.151. The van der Waals surface area contributed by atoms with Crippen LogP contribution in [-0.4, -0.2) is 25.6 Å². The summed E-state index contributed by atoms with van der Waals surface area (Å²) < 4.78 is 5.52. The van der Waals surface area contributed by atoms with Crippen LogP contribution < -0.4 is 15.0 Å². The highest BCUT2D eigenvalue weighted by molar-refractivity contribution is 5.92. The first kappa shape index (κ1) is 16.4. The molecule has 1 saturated heterocycles. The molecule has 1 amide bonds. The van der Waals surface area contributed by atoms with Gasteiger partial charge in [0.05, 0.1) is 0 Å². The van der Waals surface area contributed by atoms with Crippen molar-refractivity contribution in [1.82, 2.24) is 0 Å². The largest absolute Gasteiger partial charge is 0.484 e. The van der Waals surface area contributed by atoms with E-state index in [2.05, 4.69) is 22.3 Å². The fourth-order valence-corrected chi connectivity index (χ4v) is 2.96. The van der Waals surface area contributed by atoms with E-state index in [9.17, 15) is 4.79 Å². The lowest BCUT2D eigenvalue weighted by molar-refractivity contribution is -0.118. The van der Waals surface area contributed by atoms with Crippen LogP contribution in [0.15, 0.2) is 48.5 Å². The molecule has 1 fully saturated rings. The van der Waals surface area contributed by atoms with Gasteiger partial charge in [-0.2, -0.15) is 0 Å². The van der Waals surface area contributed by atoms with Crippen LogP contribution in [-0.2, 0) is 4.79 Å². The Morgan fingerprint density at radius 3 is 2.54 bits per heavy atom. The summed E-state index contributed by atoms with van der Waals surface area (Å²) in [5.41, 5.74) is 3.14. The molecule has 0 saturated carbocycles. The number of anilines is 2. The summed E-state index contributed by atoms with van der Waals surface area (Å²) in [6, 6.07) is 15.7. The Hall–Kier alpha value is -2.49. The molecule has 0 aliphatic carbocycles. The Balaban J connectivity index is 1.50. The lowest BCUT2D eigenvalue weighted by Crippen LogP contribution is -2.29. The van der Waals surface area contributed by atoms with Gasteiger partial charge in [-0.1, -0.05) is 12.1 Å². The maximum Gasteiger partial charge on any atom is 0.262 e. The first-order valence-electron chi connectivity index (χ1n) is 8.55. The monoisotopic (exact) mass is 324 g/mol. The first-order valence-corrected chi connectivity index (χ1v) is 8.55. The minimum Gasteiger partial charge on any atom is -0.484 e. The summed E-state index contributed by atoms with van der Waals surface area (Å²) in [4.78, 5) is 14.4. The lowest BCUT2D eigenvalue weighted by Gasteiger charge is -2.28. The molecule has 1 N–H and O–H groups in total. The summed E-state index contributed by atoms with van der Waals surface area (Å²) in [6.45, 7) is 4.25. The van der Waals surface area contributed by atoms with E-state index in [1.807, 2.05) is 43.3 Å². The number of hydrogen-bond acceptors (Lipinski definition) is 3. The standard InChI is InChI=1S/C20H24N2O2/c1-16-6-5-7-19(14-16)24-15-20(23)21-17-8-10-18(11-9-17)22-12-3-2-4-13-22/h5-11,14H,2-4,12-13,15H2,1H3,(H,21,23). The summed E-state index contributed by atoms with van der Waals surface area (Å²) in [7, 11) is 0. The van der Waals surface area contributed by atoms with Crippen LogP contribution >= 0.6 is 0 Å². The summed E-state index contributed by atoms with van der Waals surface area (Å²) in [5.74, 6) is 0.563. The molecule has 1 aliphatic rings. The van der Waals surface area contributed by atoms with Crippen LogP contribution in [0.25, 0.3) is 0 Å². The molecule has 0 aromatic heterocycles. The van der Waals surface area contributed by atoms with E-state index in [0.29, 0.717) is 5.75 Å². The zero-order valence-corrected chi connectivity index (χ0v) is 14.1. The smallest absolute Gasteiger partial charge is 0.262 e. The van der Waals surface area contributed by atoms with Gasteiger partial charge in [-0.05, 0) is 68.1 Å². The van der Waals surface area contributed by atoms with Crippen molar-refractivity contribution in [3.63, 3.8) is 0 Å². The molecule has 2 aromatic carbocycles. The highest BCUT2D eigenvalue weighted by atomic mass is 16.5. The normalized spacial score (nSPS) is 14.3. The Kier molecular flexibility index (Phi) is 5.36. The van der Waals surface area contributed by atoms with Gasteiger partial charge in [0.25, 0.3) is 5.91 Å². The van der Waals surface area contributed by atoms with E-state index in [4.69, 9.17) is 4.74 Å². The third kappa shape index (κ3) is 4.51. The molecule has 1 aliphatic heterocycles. The Labute approximate surface area is 143 Å². The van der Waals surface area contributed by atoms with Crippen LogP contribution in [0.5, 0.6) is 5.75 Å². The van der Waals surface area contributed by atoms with Gasteiger partial charge < -0.3 is 15.0 Å². The number of amides is 1. The SMILES string of the molecule is Cc1cccc(OCC(=O)Nc2ccc(N3CCCCC3)cc2)c1. The highest BCUT2D eigenvalue weighted by Gasteiger charge is 2.11. The summed E-state index contributed by atoms with van der Waals surface area (Å²) >= 11 is 0. The minimum absolute atomic E-state index is 0.0112. The number of aryl methyl sites for hydroxylation is 1. The highest BCUT2D eigenvalue weighted by Crippen LogP contribution is 2.21. The van der Waals surface area contributed by atoms with E-state index < -0.39 is 0 Å². The van der Waals surface area contributed by atoms with Gasteiger partial charge in [0.15, 0.2) is 6.61 Å². The molecule has 2 aromatic rings. The quantitative estimate of drug-likeness (QED) is 0.904. The second kappa shape index (κ2) is 7.86. The maximum atomic E-state index is 12.0. The molecule has 0 unspecified atom stereocenters. The van der Waals surface area contributed by atoms with E-state index in [-0.39, 0.29) is 12.5 Å². The van der Waals surface area contributed by atoms with Gasteiger partial charge in [0.2, 0.25) is 0 Å². The van der Waals surface area contributed by atoms with Crippen molar-refractivity contribution in [2.75, 3.05) is 29.9 Å². The van der Waals surface area contributed by atoms with E-state index in [1.165, 1.54) is 24.9 Å². The average Bonchev–Trinajstić information content (AvgIpc) is 2.61. The predicted octanol–water partition coefficient (Wildman–Crippen LogP) is 4.00. The topological polar surface area (TPSA) is 41.6 Å². The fraction of sp³-hybridized carbons (Fsp3) is 0.350. The van der Waals surface area contributed by atoms with E-state index in [0.717, 1.165) is 24.3 Å². The third-order valence-electron chi connectivity index (χ3n) is 4.23. The Morgan fingerprint density at radius 2 is 1.83 bits per heavy atom. The number of carbonyl (C=O) groups excluding carboxylic acids is 1. The molecule has 0 bridgehead atoms.